The van der Waals surface area contributed by atoms with Crippen LogP contribution in [0.1, 0.15) is 58.3 Å². The minimum Gasteiger partial charge on any atom is -0.394 e. The summed E-state index contributed by atoms with van der Waals surface area (Å²) in [7, 11) is -3.07. The second-order valence-electron chi connectivity index (χ2n) is 10.1. The van der Waals surface area contributed by atoms with Crippen molar-refractivity contribution in [1.82, 2.24) is 15.5 Å². The Balaban J connectivity index is 1.50. The molecule has 2 fully saturated rings. The molecule has 0 spiro atoms. The fraction of sp³-hybridized carbons (Fsp3) is 0.917. The van der Waals surface area contributed by atoms with E-state index >= 15 is 0 Å². The van der Waals surface area contributed by atoms with Crippen LogP contribution < -0.4 is 10.6 Å². The molecule has 0 aromatic rings. The fourth-order valence-corrected chi connectivity index (χ4v) is 5.17. The zero-order valence-corrected chi connectivity index (χ0v) is 23.6. The molecule has 228 valence electrons. The first kappa shape index (κ1) is 34.0. The molecule has 2 aliphatic rings. The zero-order chi connectivity index (χ0) is 28.8. The largest absolute Gasteiger partial charge is 0.394 e. The summed E-state index contributed by atoms with van der Waals surface area (Å²) in [5.74, 6) is -0.471. The number of aliphatic hydroxyl groups excluding tert-OH is 4. The van der Waals surface area contributed by atoms with E-state index in [1.54, 1.807) is 4.90 Å². The van der Waals surface area contributed by atoms with Gasteiger partial charge < -0.3 is 54.9 Å². The van der Waals surface area contributed by atoms with E-state index in [4.69, 9.17) is 18.9 Å². The van der Waals surface area contributed by atoms with Crippen LogP contribution in [0.25, 0.3) is 0 Å². The Morgan fingerprint density at radius 3 is 2.38 bits per heavy atom. The lowest BCUT2D eigenvalue weighted by molar-refractivity contribution is -0.270. The molecule has 0 radical (unpaired) electrons. The Kier molecular flexibility index (Phi) is 15.9. The van der Waals surface area contributed by atoms with Crippen LogP contribution in [0, 0.1) is 0 Å². The van der Waals surface area contributed by atoms with Gasteiger partial charge in [-0.3, -0.25) is 14.2 Å². The van der Waals surface area contributed by atoms with Gasteiger partial charge >= 0.3 is 8.25 Å². The summed E-state index contributed by atoms with van der Waals surface area (Å²) in [5.41, 5.74) is 0. The Hall–Kier alpha value is -1.19. The zero-order valence-electron chi connectivity index (χ0n) is 22.6. The molecule has 0 aromatic carbocycles. The first-order chi connectivity index (χ1) is 18.6. The molecule has 2 amide bonds. The topological polar surface area (TPSA) is 207 Å². The molecule has 2 aliphatic heterocycles. The van der Waals surface area contributed by atoms with E-state index < -0.39 is 57.5 Å². The quantitative estimate of drug-likeness (QED) is 0.0737. The lowest BCUT2D eigenvalue weighted by atomic mass is 9.97. The summed E-state index contributed by atoms with van der Waals surface area (Å²) in [6.07, 6.45) is 0.485. The monoisotopic (exact) mass is 583 g/mol. The van der Waals surface area contributed by atoms with Crippen LogP contribution in [0.5, 0.6) is 0 Å². The van der Waals surface area contributed by atoms with Crippen LogP contribution >= 0.6 is 8.25 Å². The first-order valence-corrected chi connectivity index (χ1v) is 15.0. The van der Waals surface area contributed by atoms with Crippen molar-refractivity contribution < 1.29 is 53.5 Å². The number of ether oxygens (including phenoxy) is 2. The fourth-order valence-electron chi connectivity index (χ4n) is 4.84. The number of hydrogen-bond donors (Lipinski definition) is 7. The lowest BCUT2D eigenvalue weighted by Crippen LogP contribution is -2.64. The molecule has 0 bridgehead atoms. The van der Waals surface area contributed by atoms with Gasteiger partial charge in [0.15, 0.2) is 6.29 Å². The minimum absolute atomic E-state index is 0.0451. The van der Waals surface area contributed by atoms with Crippen molar-refractivity contribution >= 4 is 20.1 Å². The van der Waals surface area contributed by atoms with Crippen molar-refractivity contribution in [2.75, 3.05) is 39.5 Å². The number of rotatable bonds is 18. The third-order valence-electron chi connectivity index (χ3n) is 6.89. The van der Waals surface area contributed by atoms with Gasteiger partial charge in [0.25, 0.3) is 0 Å². The van der Waals surface area contributed by atoms with Gasteiger partial charge in [-0.2, -0.15) is 0 Å². The molecule has 15 heteroatoms. The predicted molar refractivity (Wildman–Crippen MR) is 140 cm³/mol. The molecule has 0 aliphatic carbocycles. The van der Waals surface area contributed by atoms with Gasteiger partial charge in [0.2, 0.25) is 11.8 Å². The maximum atomic E-state index is 12.5. The average molecular weight is 584 g/mol. The van der Waals surface area contributed by atoms with E-state index in [0.29, 0.717) is 19.4 Å². The Labute approximate surface area is 229 Å². The number of carbonyl (C=O) groups is 2. The predicted octanol–water partition coefficient (Wildman–Crippen LogP) is -1.37. The number of aliphatic hydroxyl groups is 4. The van der Waals surface area contributed by atoms with Gasteiger partial charge in [0.1, 0.15) is 24.4 Å². The molecule has 7 N–H and O–H groups in total. The highest BCUT2D eigenvalue weighted by molar-refractivity contribution is 7.32. The van der Waals surface area contributed by atoms with Gasteiger partial charge in [-0.1, -0.05) is 6.42 Å². The maximum absolute atomic E-state index is 12.5. The van der Waals surface area contributed by atoms with Gasteiger partial charge in [-0.05, 0) is 51.6 Å². The molecule has 0 aromatic heterocycles. The SMILES string of the molecule is CC(=O)NC1C(OCCCCCNCCCCCC(=O)N2CC(O)CC2CO[PH](=O)O)OC(CO)C(O)C1O. The lowest BCUT2D eigenvalue weighted by Gasteiger charge is -2.42. The van der Waals surface area contributed by atoms with E-state index in [9.17, 15) is 34.6 Å². The molecule has 8 atom stereocenters. The van der Waals surface area contributed by atoms with E-state index in [1.807, 2.05) is 0 Å². The molecule has 2 rings (SSSR count). The minimum atomic E-state index is -3.07. The molecular weight excluding hydrogens is 537 g/mol. The third-order valence-corrected chi connectivity index (χ3v) is 7.30. The molecule has 8 unspecified atom stereocenters. The maximum Gasteiger partial charge on any atom is 0.316 e. The van der Waals surface area contributed by atoms with Crippen LogP contribution in [0.2, 0.25) is 0 Å². The summed E-state index contributed by atoms with van der Waals surface area (Å²) in [4.78, 5) is 34.3. The van der Waals surface area contributed by atoms with Crippen LogP contribution in [0.15, 0.2) is 0 Å². The summed E-state index contributed by atoms with van der Waals surface area (Å²) in [5, 5.41) is 45.4. The van der Waals surface area contributed by atoms with Crippen molar-refractivity contribution in [3.63, 3.8) is 0 Å². The van der Waals surface area contributed by atoms with E-state index in [2.05, 4.69) is 10.6 Å². The van der Waals surface area contributed by atoms with Crippen molar-refractivity contribution in [3.8, 4) is 0 Å². The second-order valence-corrected chi connectivity index (χ2v) is 10.9. The average Bonchev–Trinajstić information content (AvgIpc) is 3.27. The number of hydrogen-bond acceptors (Lipinski definition) is 11. The summed E-state index contributed by atoms with van der Waals surface area (Å²) >= 11 is 0. The van der Waals surface area contributed by atoms with Crippen LogP contribution in [0.4, 0.5) is 0 Å². The number of amides is 2. The van der Waals surface area contributed by atoms with Crippen molar-refractivity contribution in [1.29, 1.82) is 0 Å². The van der Waals surface area contributed by atoms with Gasteiger partial charge in [0, 0.05) is 26.5 Å². The van der Waals surface area contributed by atoms with Crippen molar-refractivity contribution in [3.05, 3.63) is 0 Å². The van der Waals surface area contributed by atoms with Crippen LogP contribution in [0.3, 0.4) is 0 Å². The van der Waals surface area contributed by atoms with E-state index in [1.165, 1.54) is 6.92 Å². The normalized spacial score (nSPS) is 29.9. The highest BCUT2D eigenvalue weighted by Crippen LogP contribution is 2.24. The Morgan fingerprint density at radius 2 is 1.74 bits per heavy atom. The number of nitrogens with one attached hydrogen (secondary N) is 2. The van der Waals surface area contributed by atoms with Gasteiger partial charge in [0.05, 0.1) is 25.4 Å². The summed E-state index contributed by atoms with van der Waals surface area (Å²) < 4.78 is 26.8. The number of β-amino-alcohol motifs (C(OH)–C–C–N with tert-alkyl or cyclic N) is 1. The molecule has 0 saturated carbocycles. The molecule has 14 nitrogen and oxygen atoms in total. The third kappa shape index (κ3) is 12.1. The van der Waals surface area contributed by atoms with E-state index in [-0.39, 0.29) is 25.1 Å². The molecule has 39 heavy (non-hydrogen) atoms. The van der Waals surface area contributed by atoms with Crippen LogP contribution in [-0.2, 0) is 28.2 Å². The Morgan fingerprint density at radius 1 is 1.05 bits per heavy atom. The summed E-state index contributed by atoms with van der Waals surface area (Å²) in [6.45, 7) is 2.97. The number of carbonyl (C=O) groups excluding carboxylic acids is 2. The van der Waals surface area contributed by atoms with Gasteiger partial charge in [-0.15, -0.1) is 0 Å². The molecule has 2 heterocycles. The molecular formula is C24H46N3O11P. The number of unbranched alkanes of at least 4 members (excludes halogenated alkanes) is 4. The first-order valence-electron chi connectivity index (χ1n) is 13.7. The molecule has 2 saturated heterocycles. The standard InChI is InChI=1S/C24H46N3O11P/c1-16(29)26-21-23(33)22(32)19(14-28)38-24(21)36-11-7-3-6-10-25-9-5-2-4-8-20(31)27-13-18(30)12-17(27)15-37-39(34)35/h17-19,21-25,28,30,32-33,39H,2-15H2,1H3,(H,26,29)(H,34,35). The summed E-state index contributed by atoms with van der Waals surface area (Å²) in [6, 6.07) is -1.31. The highest BCUT2D eigenvalue weighted by Gasteiger charge is 2.45. The van der Waals surface area contributed by atoms with Gasteiger partial charge in [-0.25, -0.2) is 0 Å². The van der Waals surface area contributed by atoms with E-state index in [0.717, 1.165) is 51.6 Å². The Bertz CT molecular complexity index is 765. The second kappa shape index (κ2) is 18.3. The number of likely N-dealkylation sites (tertiary alicyclic amines) is 1. The highest BCUT2D eigenvalue weighted by atomic mass is 31.1. The van der Waals surface area contributed by atoms with Crippen molar-refractivity contribution in [2.24, 2.45) is 0 Å². The van der Waals surface area contributed by atoms with Crippen molar-refractivity contribution in [2.45, 2.75) is 101 Å². The smallest absolute Gasteiger partial charge is 0.316 e. The number of nitrogens with zero attached hydrogens (tertiary/aromatic N) is 1. The van der Waals surface area contributed by atoms with Crippen LogP contribution in [-0.4, -0.2) is 124 Å².